The van der Waals surface area contributed by atoms with Crippen LogP contribution in [0.4, 0.5) is 0 Å². The predicted molar refractivity (Wildman–Crippen MR) is 67.8 cm³/mol. The Morgan fingerprint density at radius 3 is 2.56 bits per heavy atom. The van der Waals surface area contributed by atoms with Crippen LogP contribution in [0.5, 0.6) is 0 Å². The highest BCUT2D eigenvalue weighted by molar-refractivity contribution is 7.91. The quantitative estimate of drug-likeness (QED) is 0.865. The van der Waals surface area contributed by atoms with Gasteiger partial charge in [0.1, 0.15) is 0 Å². The van der Waals surface area contributed by atoms with Gasteiger partial charge in [0, 0.05) is 0 Å². The van der Waals surface area contributed by atoms with Crippen molar-refractivity contribution < 1.29 is 16.8 Å². The van der Waals surface area contributed by atoms with Gasteiger partial charge < -0.3 is 0 Å². The highest BCUT2D eigenvalue weighted by atomic mass is 32.2. The van der Waals surface area contributed by atoms with E-state index in [0.29, 0.717) is 24.0 Å². The first-order chi connectivity index (χ1) is 8.28. The van der Waals surface area contributed by atoms with Gasteiger partial charge in [-0.15, -0.1) is 0 Å². The summed E-state index contributed by atoms with van der Waals surface area (Å²) in [5.41, 5.74) is 1.29. The molecule has 7 heteroatoms. The van der Waals surface area contributed by atoms with Gasteiger partial charge in [0.05, 0.1) is 15.5 Å². The van der Waals surface area contributed by atoms with Gasteiger partial charge in [-0.25, -0.2) is 21.6 Å². The summed E-state index contributed by atoms with van der Waals surface area (Å²) in [6, 6.07) is 2.95. The minimum absolute atomic E-state index is 0.0363. The molecule has 1 N–H and O–H groups in total. The Morgan fingerprint density at radius 2 is 1.94 bits per heavy atom. The van der Waals surface area contributed by atoms with Crippen LogP contribution in [0.1, 0.15) is 17.5 Å². The van der Waals surface area contributed by atoms with Crippen LogP contribution in [0.3, 0.4) is 0 Å². The molecule has 1 heterocycles. The van der Waals surface area contributed by atoms with Crippen LogP contribution in [0, 0.1) is 6.92 Å². The van der Waals surface area contributed by atoms with E-state index in [0.717, 1.165) is 0 Å². The number of sulfone groups is 1. The number of nitrogens with one attached hydrogen (secondary N) is 1. The second-order valence-electron chi connectivity index (χ2n) is 4.36. The molecule has 0 saturated carbocycles. The van der Waals surface area contributed by atoms with Gasteiger partial charge in [-0.1, -0.05) is 6.07 Å². The maximum Gasteiger partial charge on any atom is 0.240 e. The monoisotopic (exact) mass is 289 g/mol. The molecule has 0 unspecified atom stereocenters. The summed E-state index contributed by atoms with van der Waals surface area (Å²) in [6.07, 6.45) is 1.27. The molecule has 18 heavy (non-hydrogen) atoms. The third-order valence-electron chi connectivity index (χ3n) is 3.11. The van der Waals surface area contributed by atoms with E-state index in [1.165, 1.54) is 13.1 Å². The molecule has 1 aromatic carbocycles. The molecular formula is C11H15NO4S2. The summed E-state index contributed by atoms with van der Waals surface area (Å²) in [4.78, 5) is 0.197. The predicted octanol–water partition coefficient (Wildman–Crippen LogP) is 0.623. The minimum atomic E-state index is -3.63. The van der Waals surface area contributed by atoms with Crippen LogP contribution in [0.15, 0.2) is 21.9 Å². The molecule has 5 nitrogen and oxygen atoms in total. The second kappa shape index (κ2) is 4.32. The van der Waals surface area contributed by atoms with E-state index >= 15 is 0 Å². The first-order valence-electron chi connectivity index (χ1n) is 5.58. The van der Waals surface area contributed by atoms with Crippen LogP contribution in [-0.4, -0.2) is 29.6 Å². The summed E-state index contributed by atoms with van der Waals surface area (Å²) in [6.45, 7) is 1.67. The molecular weight excluding hydrogens is 274 g/mol. The Morgan fingerprint density at radius 1 is 1.28 bits per heavy atom. The molecule has 1 aliphatic rings. The highest BCUT2D eigenvalue weighted by Gasteiger charge is 2.27. The molecule has 2 rings (SSSR count). The number of hydrogen-bond donors (Lipinski definition) is 1. The van der Waals surface area contributed by atoms with Crippen molar-refractivity contribution in [3.05, 3.63) is 23.3 Å². The SMILES string of the molecule is CNS(=O)(=O)c1cc2c(cc1C)CCCS2(=O)=O. The molecule has 0 saturated heterocycles. The third-order valence-corrected chi connectivity index (χ3v) is 6.54. The van der Waals surface area contributed by atoms with Crippen LogP contribution in [0.2, 0.25) is 0 Å². The number of aryl methyl sites for hydroxylation is 2. The van der Waals surface area contributed by atoms with Gasteiger partial charge in [0.15, 0.2) is 9.84 Å². The first-order valence-corrected chi connectivity index (χ1v) is 8.71. The lowest BCUT2D eigenvalue weighted by Crippen LogP contribution is -2.22. The van der Waals surface area contributed by atoms with Gasteiger partial charge in [0.2, 0.25) is 10.0 Å². The van der Waals surface area contributed by atoms with Crippen molar-refractivity contribution in [3.63, 3.8) is 0 Å². The van der Waals surface area contributed by atoms with E-state index in [1.54, 1.807) is 13.0 Å². The molecule has 0 fully saturated rings. The van der Waals surface area contributed by atoms with Gasteiger partial charge >= 0.3 is 0 Å². The van der Waals surface area contributed by atoms with Crippen molar-refractivity contribution in [2.45, 2.75) is 29.6 Å². The molecule has 1 aliphatic heterocycles. The number of hydrogen-bond acceptors (Lipinski definition) is 4. The van der Waals surface area contributed by atoms with Gasteiger partial charge in [-0.2, -0.15) is 0 Å². The van der Waals surface area contributed by atoms with Crippen LogP contribution >= 0.6 is 0 Å². The Bertz CT molecular complexity index is 690. The van der Waals surface area contributed by atoms with Crippen molar-refractivity contribution in [2.24, 2.45) is 0 Å². The molecule has 0 radical (unpaired) electrons. The molecule has 0 amide bonds. The van der Waals surface area contributed by atoms with E-state index in [4.69, 9.17) is 0 Å². The molecule has 0 atom stereocenters. The lowest BCUT2D eigenvalue weighted by Gasteiger charge is -2.18. The third kappa shape index (κ3) is 2.17. The average Bonchev–Trinajstić information content (AvgIpc) is 2.27. The highest BCUT2D eigenvalue weighted by Crippen LogP contribution is 2.29. The zero-order valence-electron chi connectivity index (χ0n) is 10.2. The normalized spacial score (nSPS) is 18.3. The van der Waals surface area contributed by atoms with Crippen molar-refractivity contribution in [2.75, 3.05) is 12.8 Å². The van der Waals surface area contributed by atoms with Crippen LogP contribution < -0.4 is 4.72 Å². The Hall–Kier alpha value is -0.920. The van der Waals surface area contributed by atoms with Crippen molar-refractivity contribution in [1.29, 1.82) is 0 Å². The average molecular weight is 289 g/mol. The van der Waals surface area contributed by atoms with Crippen molar-refractivity contribution >= 4 is 19.9 Å². The smallest absolute Gasteiger partial charge is 0.224 e. The first kappa shape index (κ1) is 13.5. The number of fused-ring (bicyclic) bond motifs is 1. The van der Waals surface area contributed by atoms with Crippen LogP contribution in [0.25, 0.3) is 0 Å². The zero-order valence-corrected chi connectivity index (χ0v) is 11.9. The van der Waals surface area contributed by atoms with E-state index < -0.39 is 19.9 Å². The van der Waals surface area contributed by atoms with E-state index in [-0.39, 0.29) is 15.5 Å². The Kier molecular flexibility index (Phi) is 3.25. The summed E-state index contributed by atoms with van der Waals surface area (Å²) in [5, 5.41) is 0. The maximum atomic E-state index is 11.9. The lowest BCUT2D eigenvalue weighted by atomic mass is 10.1. The fourth-order valence-electron chi connectivity index (χ4n) is 2.18. The number of rotatable bonds is 2. The number of benzene rings is 1. The van der Waals surface area contributed by atoms with Gasteiger partial charge in [-0.3, -0.25) is 0 Å². The van der Waals surface area contributed by atoms with Gasteiger partial charge in [0.25, 0.3) is 0 Å². The lowest BCUT2D eigenvalue weighted by molar-refractivity contribution is 0.583. The van der Waals surface area contributed by atoms with E-state index in [9.17, 15) is 16.8 Å². The fraction of sp³-hybridized carbons (Fsp3) is 0.455. The Labute approximate surface area is 107 Å². The van der Waals surface area contributed by atoms with Crippen molar-refractivity contribution in [1.82, 2.24) is 4.72 Å². The van der Waals surface area contributed by atoms with Crippen molar-refractivity contribution in [3.8, 4) is 0 Å². The second-order valence-corrected chi connectivity index (χ2v) is 8.29. The standard InChI is InChI=1S/C11H15NO4S2/c1-8-6-9-4-3-5-17(13,14)11(9)7-10(8)18(15,16)12-2/h6-7,12H,3-5H2,1-2H3. The minimum Gasteiger partial charge on any atom is -0.224 e. The van der Waals surface area contributed by atoms with Crippen LogP contribution in [-0.2, 0) is 26.3 Å². The summed E-state index contributed by atoms with van der Waals surface area (Å²) < 4.78 is 49.7. The van der Waals surface area contributed by atoms with Gasteiger partial charge in [-0.05, 0) is 44.0 Å². The fourth-order valence-corrected chi connectivity index (χ4v) is 4.83. The molecule has 0 aliphatic carbocycles. The Balaban J connectivity index is 2.75. The number of sulfonamides is 1. The largest absolute Gasteiger partial charge is 0.240 e. The summed E-state index contributed by atoms with van der Waals surface area (Å²) in [7, 11) is -5.66. The maximum absolute atomic E-state index is 11.9. The molecule has 0 spiro atoms. The molecule has 0 aromatic heterocycles. The van der Waals surface area contributed by atoms with E-state index in [1.807, 2.05) is 0 Å². The summed E-state index contributed by atoms with van der Waals surface area (Å²) in [5.74, 6) is 0.0854. The molecule has 100 valence electrons. The zero-order chi connectivity index (χ0) is 13.6. The summed E-state index contributed by atoms with van der Waals surface area (Å²) >= 11 is 0. The molecule has 1 aromatic rings. The molecule has 0 bridgehead atoms. The van der Waals surface area contributed by atoms with E-state index in [2.05, 4.69) is 4.72 Å². The topological polar surface area (TPSA) is 80.3 Å².